The van der Waals surface area contributed by atoms with Gasteiger partial charge in [0.05, 0.1) is 11.4 Å². The molecule has 0 aliphatic rings. The first-order valence-electron chi connectivity index (χ1n) is 8.31. The highest BCUT2D eigenvalue weighted by atomic mass is 32.1. The number of rotatable bonds is 7. The SMILES string of the molecule is CC(C)C(CC(=O)NCc1nc(-c2cccs2)no1)c1ccccc1. The summed E-state index contributed by atoms with van der Waals surface area (Å²) in [5, 5.41) is 8.79. The highest BCUT2D eigenvalue weighted by Crippen LogP contribution is 2.27. The number of carbonyl (C=O) groups excluding carboxylic acids is 1. The van der Waals surface area contributed by atoms with E-state index in [2.05, 4.69) is 41.4 Å². The van der Waals surface area contributed by atoms with Crippen LogP contribution in [0.5, 0.6) is 0 Å². The molecule has 1 atom stereocenters. The molecule has 0 saturated carbocycles. The van der Waals surface area contributed by atoms with E-state index >= 15 is 0 Å². The summed E-state index contributed by atoms with van der Waals surface area (Å²) in [6.45, 7) is 4.52. The van der Waals surface area contributed by atoms with E-state index in [0.717, 1.165) is 4.88 Å². The summed E-state index contributed by atoms with van der Waals surface area (Å²) in [5.41, 5.74) is 1.19. The van der Waals surface area contributed by atoms with Gasteiger partial charge in [-0.25, -0.2) is 0 Å². The van der Waals surface area contributed by atoms with Crippen LogP contribution in [0.2, 0.25) is 0 Å². The van der Waals surface area contributed by atoms with Crippen LogP contribution < -0.4 is 5.32 Å². The van der Waals surface area contributed by atoms with Crippen LogP contribution in [0.1, 0.15) is 37.6 Å². The van der Waals surface area contributed by atoms with Crippen molar-refractivity contribution in [1.82, 2.24) is 15.5 Å². The number of thiophene rings is 1. The smallest absolute Gasteiger partial charge is 0.246 e. The molecule has 0 fully saturated rings. The van der Waals surface area contributed by atoms with Crippen LogP contribution in [0, 0.1) is 5.92 Å². The van der Waals surface area contributed by atoms with Gasteiger partial charge in [-0.15, -0.1) is 11.3 Å². The molecule has 2 aromatic heterocycles. The highest BCUT2D eigenvalue weighted by Gasteiger charge is 2.20. The third-order valence-corrected chi connectivity index (χ3v) is 4.95. The van der Waals surface area contributed by atoms with Gasteiger partial charge in [0, 0.05) is 6.42 Å². The Morgan fingerprint density at radius 3 is 2.68 bits per heavy atom. The molecule has 1 amide bonds. The topological polar surface area (TPSA) is 68.0 Å². The average Bonchev–Trinajstić information content (AvgIpc) is 3.29. The van der Waals surface area contributed by atoms with Gasteiger partial charge in [0.25, 0.3) is 0 Å². The van der Waals surface area contributed by atoms with E-state index in [9.17, 15) is 4.79 Å². The molecule has 3 rings (SSSR count). The second-order valence-electron chi connectivity index (χ2n) is 6.23. The predicted octanol–water partition coefficient (Wildman–Crippen LogP) is 4.24. The van der Waals surface area contributed by atoms with Gasteiger partial charge in [0.1, 0.15) is 0 Å². The van der Waals surface area contributed by atoms with Gasteiger partial charge >= 0.3 is 0 Å². The van der Waals surface area contributed by atoms with E-state index in [0.29, 0.717) is 24.1 Å². The van der Waals surface area contributed by atoms with Gasteiger partial charge < -0.3 is 9.84 Å². The molecule has 0 aliphatic carbocycles. The molecule has 0 spiro atoms. The van der Waals surface area contributed by atoms with Gasteiger partial charge in [0.15, 0.2) is 0 Å². The van der Waals surface area contributed by atoms with Crippen LogP contribution in [0.3, 0.4) is 0 Å². The molecule has 0 bridgehead atoms. The zero-order chi connectivity index (χ0) is 17.6. The number of carbonyl (C=O) groups is 1. The van der Waals surface area contributed by atoms with Crippen molar-refractivity contribution in [1.29, 1.82) is 0 Å². The Morgan fingerprint density at radius 2 is 2.00 bits per heavy atom. The van der Waals surface area contributed by atoms with Crippen molar-refractivity contribution in [3.63, 3.8) is 0 Å². The number of amides is 1. The van der Waals surface area contributed by atoms with Crippen molar-refractivity contribution < 1.29 is 9.32 Å². The maximum atomic E-state index is 12.3. The lowest BCUT2D eigenvalue weighted by atomic mass is 9.85. The molecule has 6 heteroatoms. The van der Waals surface area contributed by atoms with Crippen molar-refractivity contribution in [2.24, 2.45) is 5.92 Å². The maximum absolute atomic E-state index is 12.3. The first kappa shape index (κ1) is 17.4. The van der Waals surface area contributed by atoms with Crippen LogP contribution in [0.25, 0.3) is 10.7 Å². The first-order valence-corrected chi connectivity index (χ1v) is 9.19. The van der Waals surface area contributed by atoms with E-state index in [-0.39, 0.29) is 18.4 Å². The molecule has 1 unspecified atom stereocenters. The summed E-state index contributed by atoms with van der Waals surface area (Å²) in [7, 11) is 0. The average molecular weight is 355 g/mol. The van der Waals surface area contributed by atoms with Crippen LogP contribution in [0.15, 0.2) is 52.4 Å². The summed E-state index contributed by atoms with van der Waals surface area (Å²) in [5.74, 6) is 1.52. The van der Waals surface area contributed by atoms with Gasteiger partial charge in [-0.05, 0) is 28.8 Å². The number of aromatic nitrogens is 2. The van der Waals surface area contributed by atoms with Crippen molar-refractivity contribution in [3.05, 3.63) is 59.3 Å². The van der Waals surface area contributed by atoms with Crippen LogP contribution in [-0.4, -0.2) is 16.0 Å². The molecular weight excluding hydrogens is 334 g/mol. The number of nitrogens with zero attached hydrogens (tertiary/aromatic N) is 2. The predicted molar refractivity (Wildman–Crippen MR) is 98.1 cm³/mol. The fourth-order valence-corrected chi connectivity index (χ4v) is 3.37. The highest BCUT2D eigenvalue weighted by molar-refractivity contribution is 7.13. The second-order valence-corrected chi connectivity index (χ2v) is 7.18. The molecule has 0 saturated heterocycles. The standard InChI is InChI=1S/C19H21N3O2S/c1-13(2)15(14-7-4-3-5-8-14)11-17(23)20-12-18-21-19(22-24-18)16-9-6-10-25-16/h3-10,13,15H,11-12H2,1-2H3,(H,20,23). The molecule has 0 radical (unpaired) electrons. The number of benzene rings is 1. The van der Waals surface area contributed by atoms with Crippen molar-refractivity contribution in [2.75, 3.05) is 0 Å². The van der Waals surface area contributed by atoms with Gasteiger partial charge in [-0.1, -0.05) is 55.4 Å². The molecular formula is C19H21N3O2S. The minimum atomic E-state index is -0.0153. The fourth-order valence-electron chi connectivity index (χ4n) is 2.72. The monoisotopic (exact) mass is 355 g/mol. The quantitative estimate of drug-likeness (QED) is 0.688. The second kappa shape index (κ2) is 8.07. The first-order chi connectivity index (χ1) is 12.1. The molecule has 1 aromatic carbocycles. The number of hydrogen-bond donors (Lipinski definition) is 1. The lowest BCUT2D eigenvalue weighted by Crippen LogP contribution is -2.26. The largest absolute Gasteiger partial charge is 0.347 e. The van der Waals surface area contributed by atoms with Crippen molar-refractivity contribution >= 4 is 17.2 Å². The van der Waals surface area contributed by atoms with E-state index < -0.39 is 0 Å². The lowest BCUT2D eigenvalue weighted by Gasteiger charge is -2.20. The normalized spacial score (nSPS) is 12.3. The van der Waals surface area contributed by atoms with E-state index in [1.807, 2.05) is 35.7 Å². The Morgan fingerprint density at radius 1 is 1.20 bits per heavy atom. The van der Waals surface area contributed by atoms with Crippen LogP contribution in [0.4, 0.5) is 0 Å². The Kier molecular flexibility index (Phi) is 5.60. The summed E-state index contributed by atoms with van der Waals surface area (Å²) in [6.07, 6.45) is 0.438. The zero-order valence-electron chi connectivity index (χ0n) is 14.3. The van der Waals surface area contributed by atoms with Crippen molar-refractivity contribution in [3.8, 4) is 10.7 Å². The molecule has 2 heterocycles. The number of hydrogen-bond acceptors (Lipinski definition) is 5. The van der Waals surface area contributed by atoms with Gasteiger partial charge in [-0.3, -0.25) is 4.79 Å². The molecule has 25 heavy (non-hydrogen) atoms. The molecule has 1 N–H and O–H groups in total. The third-order valence-electron chi connectivity index (χ3n) is 4.08. The Bertz CT molecular complexity index is 797. The molecule has 3 aromatic rings. The Labute approximate surface area is 151 Å². The minimum Gasteiger partial charge on any atom is -0.347 e. The van der Waals surface area contributed by atoms with Crippen molar-refractivity contribution in [2.45, 2.75) is 32.7 Å². The third kappa shape index (κ3) is 4.54. The Balaban J connectivity index is 1.57. The lowest BCUT2D eigenvalue weighted by molar-refractivity contribution is -0.122. The maximum Gasteiger partial charge on any atom is 0.246 e. The molecule has 5 nitrogen and oxygen atoms in total. The zero-order valence-corrected chi connectivity index (χ0v) is 15.1. The van der Waals surface area contributed by atoms with Crippen LogP contribution >= 0.6 is 11.3 Å². The minimum absolute atomic E-state index is 0.0153. The fraction of sp³-hybridized carbons (Fsp3) is 0.316. The van der Waals surface area contributed by atoms with Crippen LogP contribution in [-0.2, 0) is 11.3 Å². The van der Waals surface area contributed by atoms with Gasteiger partial charge in [0.2, 0.25) is 17.6 Å². The molecule has 130 valence electrons. The summed E-state index contributed by atoms with van der Waals surface area (Å²) in [6, 6.07) is 14.0. The Hall–Kier alpha value is -2.47. The summed E-state index contributed by atoms with van der Waals surface area (Å²) >= 11 is 1.55. The van der Waals surface area contributed by atoms with E-state index in [1.165, 1.54) is 5.56 Å². The van der Waals surface area contributed by atoms with E-state index in [1.54, 1.807) is 11.3 Å². The molecule has 0 aliphatic heterocycles. The number of nitrogens with one attached hydrogen (secondary N) is 1. The van der Waals surface area contributed by atoms with E-state index in [4.69, 9.17) is 4.52 Å². The summed E-state index contributed by atoms with van der Waals surface area (Å²) < 4.78 is 5.21. The summed E-state index contributed by atoms with van der Waals surface area (Å²) in [4.78, 5) is 17.6. The van der Waals surface area contributed by atoms with Gasteiger partial charge in [-0.2, -0.15) is 4.98 Å².